The molecule has 112 valence electrons. The Hall–Kier alpha value is -1.06. The third-order valence-electron chi connectivity index (χ3n) is 3.06. The van der Waals surface area contributed by atoms with Gasteiger partial charge in [-0.05, 0) is 33.6 Å². The molecule has 0 fully saturated rings. The first kappa shape index (κ1) is 17.9. The molecule has 0 bridgehead atoms. The van der Waals surface area contributed by atoms with Crippen LogP contribution < -0.4 is 0 Å². The molecule has 0 aliphatic rings. The number of carbonyl (C=O) groups is 2. The molecule has 0 aliphatic heterocycles. The van der Waals surface area contributed by atoms with Gasteiger partial charge in [-0.15, -0.1) is 0 Å². The van der Waals surface area contributed by atoms with E-state index in [-0.39, 0.29) is 12.7 Å². The van der Waals surface area contributed by atoms with Gasteiger partial charge >= 0.3 is 11.9 Å². The van der Waals surface area contributed by atoms with Crippen LogP contribution >= 0.6 is 0 Å². The first-order valence-electron chi connectivity index (χ1n) is 7.28. The second-order valence-corrected chi connectivity index (χ2v) is 5.30. The standard InChI is InChI=1S/C15H28O4/c1-6-9-11-12(10-7-2)19-14(17)15(4,5)13(16)18-8-3/h12H,6-11H2,1-5H3. The lowest BCUT2D eigenvalue weighted by Gasteiger charge is -2.24. The molecule has 1 atom stereocenters. The summed E-state index contributed by atoms with van der Waals surface area (Å²) in [6.07, 6.45) is 4.66. The van der Waals surface area contributed by atoms with Gasteiger partial charge in [-0.2, -0.15) is 0 Å². The predicted molar refractivity (Wildman–Crippen MR) is 74.7 cm³/mol. The zero-order chi connectivity index (χ0) is 14.9. The first-order valence-corrected chi connectivity index (χ1v) is 7.28. The summed E-state index contributed by atoms with van der Waals surface area (Å²) in [6.45, 7) is 9.26. The summed E-state index contributed by atoms with van der Waals surface area (Å²) in [5, 5.41) is 0. The van der Waals surface area contributed by atoms with Crippen molar-refractivity contribution in [2.45, 2.75) is 72.8 Å². The third kappa shape index (κ3) is 6.08. The fourth-order valence-electron chi connectivity index (χ4n) is 1.71. The molecular formula is C15H28O4. The quantitative estimate of drug-likeness (QED) is 0.476. The van der Waals surface area contributed by atoms with Crippen LogP contribution in [0.2, 0.25) is 0 Å². The third-order valence-corrected chi connectivity index (χ3v) is 3.06. The molecule has 0 aliphatic carbocycles. The Morgan fingerprint density at radius 3 is 2.11 bits per heavy atom. The summed E-state index contributed by atoms with van der Waals surface area (Å²) in [6, 6.07) is 0. The van der Waals surface area contributed by atoms with E-state index in [2.05, 4.69) is 13.8 Å². The minimum absolute atomic E-state index is 0.0915. The second kappa shape index (κ2) is 8.94. The van der Waals surface area contributed by atoms with Crippen LogP contribution in [0.3, 0.4) is 0 Å². The first-order chi connectivity index (χ1) is 8.89. The molecule has 0 saturated carbocycles. The van der Waals surface area contributed by atoms with Gasteiger partial charge < -0.3 is 9.47 Å². The number of hydrogen-bond acceptors (Lipinski definition) is 4. The smallest absolute Gasteiger partial charge is 0.323 e. The lowest BCUT2D eigenvalue weighted by atomic mass is 9.93. The topological polar surface area (TPSA) is 52.6 Å². The van der Waals surface area contributed by atoms with Crippen molar-refractivity contribution < 1.29 is 19.1 Å². The van der Waals surface area contributed by atoms with E-state index in [0.717, 1.165) is 32.1 Å². The molecule has 0 spiro atoms. The molecule has 0 amide bonds. The maximum Gasteiger partial charge on any atom is 0.323 e. The maximum absolute atomic E-state index is 12.1. The lowest BCUT2D eigenvalue weighted by molar-refractivity contribution is -0.173. The highest BCUT2D eigenvalue weighted by Gasteiger charge is 2.40. The average molecular weight is 272 g/mol. The van der Waals surface area contributed by atoms with Gasteiger partial charge in [-0.25, -0.2) is 0 Å². The Kier molecular flexibility index (Phi) is 8.44. The molecule has 0 radical (unpaired) electrons. The highest BCUT2D eigenvalue weighted by molar-refractivity contribution is 5.99. The van der Waals surface area contributed by atoms with Gasteiger partial charge in [0, 0.05) is 0 Å². The fourth-order valence-corrected chi connectivity index (χ4v) is 1.71. The van der Waals surface area contributed by atoms with E-state index in [1.165, 1.54) is 0 Å². The van der Waals surface area contributed by atoms with Gasteiger partial charge in [0.2, 0.25) is 0 Å². The molecule has 0 aromatic carbocycles. The van der Waals surface area contributed by atoms with Crippen molar-refractivity contribution in [2.24, 2.45) is 5.41 Å². The minimum Gasteiger partial charge on any atom is -0.465 e. The summed E-state index contributed by atoms with van der Waals surface area (Å²) < 4.78 is 10.4. The number of hydrogen-bond donors (Lipinski definition) is 0. The largest absolute Gasteiger partial charge is 0.465 e. The monoisotopic (exact) mass is 272 g/mol. The lowest BCUT2D eigenvalue weighted by Crippen LogP contribution is -2.38. The van der Waals surface area contributed by atoms with Gasteiger partial charge in [0.05, 0.1) is 6.61 Å². The normalized spacial score (nSPS) is 12.9. The van der Waals surface area contributed by atoms with Crippen LogP contribution in [-0.2, 0) is 19.1 Å². The van der Waals surface area contributed by atoms with Crippen LogP contribution in [0.4, 0.5) is 0 Å². The van der Waals surface area contributed by atoms with E-state index in [1.807, 2.05) is 0 Å². The number of rotatable bonds is 9. The van der Waals surface area contributed by atoms with Crippen molar-refractivity contribution in [1.82, 2.24) is 0 Å². The molecule has 4 nitrogen and oxygen atoms in total. The maximum atomic E-state index is 12.1. The Balaban J connectivity index is 4.55. The van der Waals surface area contributed by atoms with E-state index in [1.54, 1.807) is 20.8 Å². The molecular weight excluding hydrogens is 244 g/mol. The van der Waals surface area contributed by atoms with Gasteiger partial charge in [0.15, 0.2) is 5.41 Å². The zero-order valence-electron chi connectivity index (χ0n) is 13.0. The molecule has 1 unspecified atom stereocenters. The number of esters is 2. The van der Waals surface area contributed by atoms with Gasteiger partial charge in [0.25, 0.3) is 0 Å². The van der Waals surface area contributed by atoms with Gasteiger partial charge in [-0.3, -0.25) is 9.59 Å². The van der Waals surface area contributed by atoms with Gasteiger partial charge in [-0.1, -0.05) is 33.1 Å². The van der Waals surface area contributed by atoms with Crippen LogP contribution in [0.15, 0.2) is 0 Å². The van der Waals surface area contributed by atoms with Crippen molar-refractivity contribution in [2.75, 3.05) is 6.61 Å². The summed E-state index contributed by atoms with van der Waals surface area (Å²) in [4.78, 5) is 23.8. The average Bonchev–Trinajstić information content (AvgIpc) is 2.36. The molecule has 4 heteroatoms. The Labute approximate surface area is 116 Å². The van der Waals surface area contributed by atoms with E-state index < -0.39 is 17.4 Å². The summed E-state index contributed by atoms with van der Waals surface area (Å²) in [5.41, 5.74) is -1.23. The Bertz CT molecular complexity index is 284. The van der Waals surface area contributed by atoms with Crippen molar-refractivity contribution in [3.05, 3.63) is 0 Å². The minimum atomic E-state index is -1.23. The SMILES string of the molecule is CCCCC(CCC)OC(=O)C(C)(C)C(=O)OCC. The predicted octanol–water partition coefficient (Wildman–Crippen LogP) is 3.48. The van der Waals surface area contributed by atoms with Gasteiger partial charge in [0.1, 0.15) is 6.10 Å². The number of unbranched alkanes of at least 4 members (excludes halogenated alkanes) is 1. The fraction of sp³-hybridized carbons (Fsp3) is 0.867. The number of ether oxygens (including phenoxy) is 2. The molecule has 0 aromatic heterocycles. The van der Waals surface area contributed by atoms with Crippen molar-refractivity contribution in [3.63, 3.8) is 0 Å². The van der Waals surface area contributed by atoms with E-state index in [4.69, 9.17) is 9.47 Å². The van der Waals surface area contributed by atoms with Crippen LogP contribution in [0, 0.1) is 5.41 Å². The Morgan fingerprint density at radius 1 is 1.00 bits per heavy atom. The van der Waals surface area contributed by atoms with Crippen molar-refractivity contribution >= 4 is 11.9 Å². The molecule has 19 heavy (non-hydrogen) atoms. The molecule has 0 rings (SSSR count). The molecule has 0 aromatic rings. The van der Waals surface area contributed by atoms with Crippen molar-refractivity contribution in [1.29, 1.82) is 0 Å². The second-order valence-electron chi connectivity index (χ2n) is 5.30. The van der Waals surface area contributed by atoms with Crippen LogP contribution in [0.25, 0.3) is 0 Å². The summed E-state index contributed by atoms with van der Waals surface area (Å²) in [5.74, 6) is -1.01. The van der Waals surface area contributed by atoms with Crippen LogP contribution in [0.5, 0.6) is 0 Å². The Morgan fingerprint density at radius 2 is 1.63 bits per heavy atom. The summed E-state index contributed by atoms with van der Waals surface area (Å²) in [7, 11) is 0. The highest BCUT2D eigenvalue weighted by atomic mass is 16.6. The molecule has 0 saturated heterocycles. The molecule has 0 N–H and O–H groups in total. The molecule has 0 heterocycles. The summed E-state index contributed by atoms with van der Waals surface area (Å²) >= 11 is 0. The zero-order valence-corrected chi connectivity index (χ0v) is 13.0. The van der Waals surface area contributed by atoms with Crippen LogP contribution in [-0.4, -0.2) is 24.6 Å². The number of carbonyl (C=O) groups excluding carboxylic acids is 2. The van der Waals surface area contributed by atoms with Crippen molar-refractivity contribution in [3.8, 4) is 0 Å². The van der Waals surface area contributed by atoms with E-state index >= 15 is 0 Å². The van der Waals surface area contributed by atoms with E-state index in [9.17, 15) is 9.59 Å². The van der Waals surface area contributed by atoms with E-state index in [0.29, 0.717) is 0 Å². The highest BCUT2D eigenvalue weighted by Crippen LogP contribution is 2.22. The van der Waals surface area contributed by atoms with Crippen LogP contribution in [0.1, 0.15) is 66.7 Å².